The van der Waals surface area contributed by atoms with Gasteiger partial charge in [-0.15, -0.1) is 0 Å². The first-order valence-electron chi connectivity index (χ1n) is 5.93. The van der Waals surface area contributed by atoms with Crippen molar-refractivity contribution in [1.82, 2.24) is 4.98 Å². The zero-order valence-corrected chi connectivity index (χ0v) is 14.2. The first-order chi connectivity index (χ1) is 9.72. The average molecular weight is 420 g/mol. The van der Waals surface area contributed by atoms with Crippen LogP contribution in [-0.2, 0) is 10.0 Å². The number of hydrogen-bond acceptors (Lipinski definition) is 3. The van der Waals surface area contributed by atoms with Crippen LogP contribution in [0, 0.1) is 17.4 Å². The highest BCUT2D eigenvalue weighted by Crippen LogP contribution is 2.25. The summed E-state index contributed by atoms with van der Waals surface area (Å²) in [4.78, 5) is 13.6. The summed E-state index contributed by atoms with van der Waals surface area (Å²) in [5.41, 5.74) is 0.795. The van der Waals surface area contributed by atoms with Crippen LogP contribution in [0.1, 0.15) is 21.7 Å². The molecule has 0 fully saturated rings. The van der Waals surface area contributed by atoms with Gasteiger partial charge in [-0.05, 0) is 60.7 Å². The maximum Gasteiger partial charge on any atom is 0.352 e. The predicted octanol–water partition coefficient (Wildman–Crippen LogP) is 2.74. The Morgan fingerprint density at radius 3 is 2.29 bits per heavy atom. The minimum atomic E-state index is -3.85. The van der Waals surface area contributed by atoms with E-state index in [2.05, 4.69) is 32.3 Å². The molecule has 3 N–H and O–H groups in total. The number of aromatic carboxylic acids is 1. The number of hydrogen-bond donors (Lipinski definition) is 3. The number of nitrogens with one attached hydrogen (secondary N) is 2. The third-order valence-corrected chi connectivity index (χ3v) is 5.32. The minimum Gasteiger partial charge on any atom is -0.477 e. The number of aromatic nitrogens is 1. The summed E-state index contributed by atoms with van der Waals surface area (Å²) in [5, 5.41) is 9.04. The first kappa shape index (κ1) is 15.8. The fraction of sp³-hybridized carbons (Fsp3) is 0.154. The maximum atomic E-state index is 12.4. The SMILES string of the molecule is Cc1[nH]c(C(=O)O)c(C)c1S(=O)(=O)Nc1ccc(I)cc1. The highest BCUT2D eigenvalue weighted by Gasteiger charge is 2.26. The number of anilines is 1. The summed E-state index contributed by atoms with van der Waals surface area (Å²) in [7, 11) is -3.85. The van der Waals surface area contributed by atoms with Crippen LogP contribution in [-0.4, -0.2) is 24.5 Å². The van der Waals surface area contributed by atoms with E-state index in [1.807, 2.05) is 0 Å². The van der Waals surface area contributed by atoms with E-state index in [9.17, 15) is 13.2 Å². The summed E-state index contributed by atoms with van der Waals surface area (Å²) in [5.74, 6) is -1.19. The molecule has 0 aliphatic rings. The molecular formula is C13H13IN2O4S. The van der Waals surface area contributed by atoms with Gasteiger partial charge in [0.05, 0.1) is 0 Å². The minimum absolute atomic E-state index is 0.0292. The van der Waals surface area contributed by atoms with Gasteiger partial charge in [-0.1, -0.05) is 0 Å². The number of aromatic amines is 1. The number of H-pyrrole nitrogens is 1. The van der Waals surface area contributed by atoms with Crippen molar-refractivity contribution < 1.29 is 18.3 Å². The van der Waals surface area contributed by atoms with Gasteiger partial charge in [0.25, 0.3) is 10.0 Å². The molecule has 1 aromatic heterocycles. The molecule has 0 aliphatic heterocycles. The largest absolute Gasteiger partial charge is 0.477 e. The summed E-state index contributed by atoms with van der Waals surface area (Å²) < 4.78 is 28.3. The number of benzene rings is 1. The van der Waals surface area contributed by atoms with Crippen molar-refractivity contribution in [3.8, 4) is 0 Å². The molecule has 0 radical (unpaired) electrons. The second kappa shape index (κ2) is 5.68. The van der Waals surface area contributed by atoms with Gasteiger partial charge >= 0.3 is 5.97 Å². The maximum absolute atomic E-state index is 12.4. The number of carboxylic acid groups (broad SMARTS) is 1. The smallest absolute Gasteiger partial charge is 0.352 e. The molecule has 0 aliphatic carbocycles. The number of halogens is 1. The molecular weight excluding hydrogens is 407 g/mol. The third-order valence-electron chi connectivity index (χ3n) is 2.95. The summed E-state index contributed by atoms with van der Waals surface area (Å²) in [6.07, 6.45) is 0. The molecule has 0 saturated carbocycles. The molecule has 0 bridgehead atoms. The summed E-state index contributed by atoms with van der Waals surface area (Å²) >= 11 is 2.12. The van der Waals surface area contributed by atoms with Crippen molar-refractivity contribution in [3.63, 3.8) is 0 Å². The van der Waals surface area contributed by atoms with Gasteiger partial charge in [-0.2, -0.15) is 0 Å². The molecule has 0 spiro atoms. The van der Waals surface area contributed by atoms with Gasteiger partial charge in [0.15, 0.2) is 0 Å². The van der Waals surface area contributed by atoms with Crippen molar-refractivity contribution >= 4 is 44.3 Å². The van der Waals surface area contributed by atoms with E-state index >= 15 is 0 Å². The highest BCUT2D eigenvalue weighted by molar-refractivity contribution is 14.1. The van der Waals surface area contributed by atoms with E-state index in [-0.39, 0.29) is 16.2 Å². The molecule has 0 saturated heterocycles. The highest BCUT2D eigenvalue weighted by atomic mass is 127. The van der Waals surface area contributed by atoms with Crippen molar-refractivity contribution in [3.05, 3.63) is 44.8 Å². The Hall–Kier alpha value is -1.55. The Balaban J connectivity index is 2.45. The lowest BCUT2D eigenvalue weighted by molar-refractivity contribution is 0.0690. The van der Waals surface area contributed by atoms with Gasteiger partial charge in [-0.25, -0.2) is 13.2 Å². The summed E-state index contributed by atoms with van der Waals surface area (Å²) in [6.45, 7) is 3.00. The molecule has 0 atom stereocenters. The topological polar surface area (TPSA) is 99.3 Å². The molecule has 0 amide bonds. The van der Waals surface area contributed by atoms with E-state index in [1.165, 1.54) is 13.8 Å². The quantitative estimate of drug-likeness (QED) is 0.663. The van der Waals surface area contributed by atoms with E-state index in [0.29, 0.717) is 11.4 Å². The van der Waals surface area contributed by atoms with E-state index in [0.717, 1.165) is 3.57 Å². The number of carboxylic acids is 1. The molecule has 112 valence electrons. The fourth-order valence-corrected chi connectivity index (χ4v) is 3.94. The fourth-order valence-electron chi connectivity index (χ4n) is 2.07. The Bertz CT molecular complexity index is 794. The predicted molar refractivity (Wildman–Crippen MR) is 87.2 cm³/mol. The molecule has 6 nitrogen and oxygen atoms in total. The van der Waals surface area contributed by atoms with E-state index < -0.39 is 16.0 Å². The van der Waals surface area contributed by atoms with Crippen LogP contribution in [0.5, 0.6) is 0 Å². The second-order valence-corrected chi connectivity index (χ2v) is 7.36. The van der Waals surface area contributed by atoms with Crippen molar-refractivity contribution in [2.75, 3.05) is 4.72 Å². The number of rotatable bonds is 4. The summed E-state index contributed by atoms with van der Waals surface area (Å²) in [6, 6.07) is 6.85. The number of carbonyl (C=O) groups is 1. The average Bonchev–Trinajstić information content (AvgIpc) is 2.68. The molecule has 21 heavy (non-hydrogen) atoms. The van der Waals surface area contributed by atoms with Crippen LogP contribution in [0.2, 0.25) is 0 Å². The second-order valence-electron chi connectivity index (χ2n) is 4.50. The van der Waals surface area contributed by atoms with Gasteiger partial charge in [-0.3, -0.25) is 4.72 Å². The molecule has 1 aromatic carbocycles. The Labute approximate surface area is 135 Å². The van der Waals surface area contributed by atoms with Gasteiger partial charge in [0.2, 0.25) is 0 Å². The Morgan fingerprint density at radius 1 is 1.24 bits per heavy atom. The van der Waals surface area contributed by atoms with Crippen molar-refractivity contribution in [2.24, 2.45) is 0 Å². The van der Waals surface area contributed by atoms with Crippen molar-refractivity contribution in [2.45, 2.75) is 18.7 Å². The van der Waals surface area contributed by atoms with Crippen molar-refractivity contribution in [1.29, 1.82) is 0 Å². The normalized spacial score (nSPS) is 11.4. The number of aryl methyl sites for hydroxylation is 1. The molecule has 1 heterocycles. The molecule has 8 heteroatoms. The van der Waals surface area contributed by atoms with Crippen LogP contribution in [0.4, 0.5) is 5.69 Å². The number of sulfonamides is 1. The zero-order valence-electron chi connectivity index (χ0n) is 11.3. The van der Waals surface area contributed by atoms with Gasteiger partial charge in [0, 0.05) is 20.5 Å². The lowest BCUT2D eigenvalue weighted by atomic mass is 10.2. The third kappa shape index (κ3) is 3.21. The Morgan fingerprint density at radius 2 is 1.81 bits per heavy atom. The van der Waals surface area contributed by atoms with E-state index in [4.69, 9.17) is 5.11 Å². The van der Waals surface area contributed by atoms with Gasteiger partial charge in [0.1, 0.15) is 10.6 Å². The lowest BCUT2D eigenvalue weighted by Gasteiger charge is -2.09. The van der Waals surface area contributed by atoms with Crippen LogP contribution >= 0.6 is 22.6 Å². The van der Waals surface area contributed by atoms with E-state index in [1.54, 1.807) is 24.3 Å². The van der Waals surface area contributed by atoms with Gasteiger partial charge < -0.3 is 10.1 Å². The van der Waals surface area contributed by atoms with Crippen LogP contribution in [0.25, 0.3) is 0 Å². The first-order valence-corrected chi connectivity index (χ1v) is 8.49. The van der Waals surface area contributed by atoms with Crippen LogP contribution in [0.15, 0.2) is 29.2 Å². The zero-order chi connectivity index (χ0) is 15.8. The standard InChI is InChI=1S/C13H13IN2O4S/c1-7-11(13(17)18)15-8(2)12(7)21(19,20)16-10-5-3-9(14)4-6-10/h3-6,15-16H,1-2H3,(H,17,18). The van der Waals surface area contributed by atoms with Crippen LogP contribution < -0.4 is 4.72 Å². The molecule has 0 unspecified atom stereocenters. The molecule has 2 rings (SSSR count). The molecule has 2 aromatic rings. The lowest BCUT2D eigenvalue weighted by Crippen LogP contribution is -2.14. The van der Waals surface area contributed by atoms with Crippen LogP contribution in [0.3, 0.4) is 0 Å². The Kier molecular flexibility index (Phi) is 4.28. The monoisotopic (exact) mass is 420 g/mol.